The molecule has 0 bridgehead atoms. The monoisotopic (exact) mass is 288 g/mol. The van der Waals surface area contributed by atoms with E-state index in [9.17, 15) is 9.90 Å². The summed E-state index contributed by atoms with van der Waals surface area (Å²) in [7, 11) is 0. The van der Waals surface area contributed by atoms with E-state index in [0.717, 1.165) is 44.3 Å². The van der Waals surface area contributed by atoms with Crippen LogP contribution in [-0.4, -0.2) is 42.1 Å². The molecule has 1 heterocycles. The lowest BCUT2D eigenvalue weighted by Gasteiger charge is -2.39. The third-order valence-corrected chi connectivity index (χ3v) is 4.89. The van der Waals surface area contributed by atoms with Gasteiger partial charge in [-0.15, -0.1) is 0 Å². The van der Waals surface area contributed by atoms with E-state index >= 15 is 0 Å². The Morgan fingerprint density at radius 2 is 1.76 bits per heavy atom. The third kappa shape index (κ3) is 2.70. The zero-order valence-electron chi connectivity index (χ0n) is 12.4. The van der Waals surface area contributed by atoms with Gasteiger partial charge in [0.15, 0.2) is 5.60 Å². The quantitative estimate of drug-likeness (QED) is 0.886. The highest BCUT2D eigenvalue weighted by atomic mass is 16.3. The minimum absolute atomic E-state index is 0.0438. The number of carbonyl (C=O) groups is 1. The normalized spacial score (nSPS) is 23.0. The zero-order valence-corrected chi connectivity index (χ0v) is 12.4. The Balaban J connectivity index is 1.93. The van der Waals surface area contributed by atoms with Gasteiger partial charge in [0, 0.05) is 32.1 Å². The van der Waals surface area contributed by atoms with Crippen molar-refractivity contribution in [3.8, 4) is 0 Å². The van der Waals surface area contributed by atoms with Crippen LogP contribution in [0.25, 0.3) is 0 Å². The smallest absolute Gasteiger partial charge is 0.259 e. The Morgan fingerprint density at radius 3 is 2.38 bits per heavy atom. The molecular formula is C17H24N2O2. The second-order valence-electron chi connectivity index (χ2n) is 6.16. The minimum atomic E-state index is -1.35. The molecule has 1 aromatic carbocycles. The van der Waals surface area contributed by atoms with E-state index in [4.69, 9.17) is 0 Å². The molecule has 0 radical (unpaired) electrons. The van der Waals surface area contributed by atoms with E-state index in [0.29, 0.717) is 13.1 Å². The second-order valence-corrected chi connectivity index (χ2v) is 6.16. The van der Waals surface area contributed by atoms with Gasteiger partial charge in [-0.05, 0) is 18.4 Å². The van der Waals surface area contributed by atoms with E-state index < -0.39 is 5.60 Å². The summed E-state index contributed by atoms with van der Waals surface area (Å²) in [6, 6.07) is 9.51. The molecule has 1 aliphatic heterocycles. The standard InChI is InChI=1S/C17H24N2O2/c20-16(19-12-10-18-11-13-19)17(21,15-8-4-5-9-15)14-6-2-1-3-7-14/h1-3,6-7,15,18,21H,4-5,8-13H2/t17-/m0/s1. The highest BCUT2D eigenvalue weighted by molar-refractivity contribution is 5.87. The number of hydrogen-bond donors (Lipinski definition) is 2. The molecule has 0 spiro atoms. The van der Waals surface area contributed by atoms with Crippen molar-refractivity contribution in [2.24, 2.45) is 5.92 Å². The van der Waals surface area contributed by atoms with Gasteiger partial charge in [0.1, 0.15) is 0 Å². The summed E-state index contributed by atoms with van der Waals surface area (Å²) in [5.74, 6) is -0.0654. The Kier molecular flexibility index (Phi) is 4.27. The van der Waals surface area contributed by atoms with E-state index in [1.54, 1.807) is 0 Å². The van der Waals surface area contributed by atoms with Gasteiger partial charge in [0.05, 0.1) is 0 Å². The number of amides is 1. The largest absolute Gasteiger partial charge is 0.375 e. The van der Waals surface area contributed by atoms with Crippen molar-refractivity contribution >= 4 is 5.91 Å². The van der Waals surface area contributed by atoms with Crippen molar-refractivity contribution in [1.29, 1.82) is 0 Å². The molecule has 1 saturated carbocycles. The van der Waals surface area contributed by atoms with Gasteiger partial charge < -0.3 is 15.3 Å². The first-order chi connectivity index (χ1) is 10.2. The van der Waals surface area contributed by atoms with Crippen molar-refractivity contribution in [1.82, 2.24) is 10.2 Å². The van der Waals surface area contributed by atoms with Gasteiger partial charge in [-0.3, -0.25) is 4.79 Å². The van der Waals surface area contributed by atoms with Crippen LogP contribution >= 0.6 is 0 Å². The average Bonchev–Trinajstić information content (AvgIpc) is 3.10. The topological polar surface area (TPSA) is 52.6 Å². The Labute approximate surface area is 126 Å². The number of rotatable bonds is 3. The zero-order chi connectivity index (χ0) is 14.7. The van der Waals surface area contributed by atoms with Crippen LogP contribution in [0.4, 0.5) is 0 Å². The molecule has 2 aliphatic rings. The maximum atomic E-state index is 13.1. The fraction of sp³-hybridized carbons (Fsp3) is 0.588. The van der Waals surface area contributed by atoms with E-state index in [2.05, 4.69) is 5.32 Å². The van der Waals surface area contributed by atoms with Crippen LogP contribution in [0.1, 0.15) is 31.2 Å². The van der Waals surface area contributed by atoms with Crippen molar-refractivity contribution < 1.29 is 9.90 Å². The summed E-state index contributed by atoms with van der Waals surface area (Å²) >= 11 is 0. The lowest BCUT2D eigenvalue weighted by Crippen LogP contribution is -2.55. The van der Waals surface area contributed by atoms with Gasteiger partial charge in [0.2, 0.25) is 0 Å². The molecule has 2 N–H and O–H groups in total. The van der Waals surface area contributed by atoms with Crippen LogP contribution in [0.15, 0.2) is 30.3 Å². The number of carbonyl (C=O) groups excluding carboxylic acids is 1. The van der Waals surface area contributed by atoms with Crippen LogP contribution < -0.4 is 5.32 Å². The highest BCUT2D eigenvalue weighted by Crippen LogP contribution is 2.41. The maximum Gasteiger partial charge on any atom is 0.259 e. The summed E-state index contributed by atoms with van der Waals surface area (Å²) in [5.41, 5.74) is -0.602. The minimum Gasteiger partial charge on any atom is -0.375 e. The number of nitrogens with one attached hydrogen (secondary N) is 1. The van der Waals surface area contributed by atoms with Crippen LogP contribution in [0.5, 0.6) is 0 Å². The molecular weight excluding hydrogens is 264 g/mol. The first kappa shape index (κ1) is 14.5. The number of piperazine rings is 1. The van der Waals surface area contributed by atoms with E-state index in [1.807, 2.05) is 35.2 Å². The number of aliphatic hydroxyl groups is 1. The van der Waals surface area contributed by atoms with Gasteiger partial charge in [-0.2, -0.15) is 0 Å². The van der Waals surface area contributed by atoms with Crippen LogP contribution in [0.2, 0.25) is 0 Å². The van der Waals surface area contributed by atoms with Gasteiger partial charge in [-0.1, -0.05) is 43.2 Å². The SMILES string of the molecule is O=C(N1CCNCC1)[C@](O)(c1ccccc1)C1CCCC1. The lowest BCUT2D eigenvalue weighted by atomic mass is 9.79. The van der Waals surface area contributed by atoms with E-state index in [1.165, 1.54) is 0 Å². The molecule has 4 nitrogen and oxygen atoms in total. The summed E-state index contributed by atoms with van der Waals surface area (Å²) < 4.78 is 0. The van der Waals surface area contributed by atoms with Crippen LogP contribution in [0, 0.1) is 5.92 Å². The summed E-state index contributed by atoms with van der Waals surface area (Å²) in [5, 5.41) is 14.6. The summed E-state index contributed by atoms with van der Waals surface area (Å²) in [4.78, 5) is 14.9. The molecule has 0 unspecified atom stereocenters. The molecule has 21 heavy (non-hydrogen) atoms. The van der Waals surface area contributed by atoms with E-state index in [-0.39, 0.29) is 11.8 Å². The molecule has 114 valence electrons. The second kappa shape index (κ2) is 6.16. The fourth-order valence-electron chi connectivity index (χ4n) is 3.68. The van der Waals surface area contributed by atoms with Crippen molar-refractivity contribution in [2.45, 2.75) is 31.3 Å². The predicted molar refractivity (Wildman–Crippen MR) is 81.7 cm³/mol. The molecule has 2 fully saturated rings. The molecule has 0 aromatic heterocycles. The van der Waals surface area contributed by atoms with Crippen molar-refractivity contribution in [2.75, 3.05) is 26.2 Å². The molecule has 4 heteroatoms. The molecule has 1 aromatic rings. The van der Waals surface area contributed by atoms with Crippen molar-refractivity contribution in [3.63, 3.8) is 0 Å². The number of benzene rings is 1. The Morgan fingerprint density at radius 1 is 1.14 bits per heavy atom. The highest BCUT2D eigenvalue weighted by Gasteiger charge is 2.48. The molecule has 1 atom stereocenters. The Bertz CT molecular complexity index is 479. The third-order valence-electron chi connectivity index (χ3n) is 4.89. The first-order valence-corrected chi connectivity index (χ1v) is 8.01. The first-order valence-electron chi connectivity index (χ1n) is 8.01. The fourth-order valence-corrected chi connectivity index (χ4v) is 3.68. The molecule has 3 rings (SSSR count). The van der Waals surface area contributed by atoms with Gasteiger partial charge >= 0.3 is 0 Å². The van der Waals surface area contributed by atoms with Gasteiger partial charge in [-0.25, -0.2) is 0 Å². The number of hydrogen-bond acceptors (Lipinski definition) is 3. The molecule has 1 saturated heterocycles. The maximum absolute atomic E-state index is 13.1. The van der Waals surface area contributed by atoms with Crippen LogP contribution in [-0.2, 0) is 10.4 Å². The van der Waals surface area contributed by atoms with Crippen molar-refractivity contribution in [3.05, 3.63) is 35.9 Å². The van der Waals surface area contributed by atoms with Gasteiger partial charge in [0.25, 0.3) is 5.91 Å². The molecule has 1 amide bonds. The summed E-state index contributed by atoms with van der Waals surface area (Å²) in [6.45, 7) is 2.98. The summed E-state index contributed by atoms with van der Waals surface area (Å²) in [6.07, 6.45) is 4.08. The lowest BCUT2D eigenvalue weighted by molar-refractivity contribution is -0.160. The van der Waals surface area contributed by atoms with Crippen LogP contribution in [0.3, 0.4) is 0 Å². The molecule has 1 aliphatic carbocycles. The average molecular weight is 288 g/mol. The predicted octanol–water partition coefficient (Wildman–Crippen LogP) is 1.50. The number of nitrogens with zero attached hydrogens (tertiary/aromatic N) is 1. The Hall–Kier alpha value is -1.39.